The highest BCUT2D eigenvalue weighted by atomic mass is 16.5. The van der Waals surface area contributed by atoms with Crippen LogP contribution in [0.2, 0.25) is 0 Å². The van der Waals surface area contributed by atoms with E-state index in [9.17, 15) is 4.79 Å². The van der Waals surface area contributed by atoms with E-state index in [-0.39, 0.29) is 12.0 Å². The Morgan fingerprint density at radius 1 is 0.970 bits per heavy atom. The molecule has 3 aromatic carbocycles. The molecule has 0 spiro atoms. The third-order valence-corrected chi connectivity index (χ3v) is 5.12. The number of amides is 1. The molecule has 1 N–H and O–H groups in total. The number of aromatic nitrogens is 3. The lowest BCUT2D eigenvalue weighted by Crippen LogP contribution is -2.12. The molecule has 1 amide bonds. The van der Waals surface area contributed by atoms with Gasteiger partial charge in [-0.3, -0.25) is 4.79 Å². The van der Waals surface area contributed by atoms with Crippen LogP contribution in [0.25, 0.3) is 17.1 Å². The van der Waals surface area contributed by atoms with Crippen LogP contribution in [0.4, 0.5) is 5.69 Å². The number of nitrogens with zero attached hydrogens (tertiary/aromatic N) is 3. The first kappa shape index (κ1) is 22.3. The van der Waals surface area contributed by atoms with E-state index in [0.717, 1.165) is 22.5 Å². The van der Waals surface area contributed by atoms with Crippen LogP contribution in [0.1, 0.15) is 31.4 Å². The summed E-state index contributed by atoms with van der Waals surface area (Å²) in [6.07, 6.45) is 1.12. The summed E-state index contributed by atoms with van der Waals surface area (Å²) in [6.45, 7) is 5.94. The average molecular weight is 441 g/mol. The third kappa shape index (κ3) is 5.86. The highest BCUT2D eigenvalue weighted by Gasteiger charge is 2.16. The number of benzene rings is 3. The minimum atomic E-state index is -0.0276. The van der Waals surface area contributed by atoms with Gasteiger partial charge in [0.25, 0.3) is 0 Å². The number of rotatable bonds is 8. The van der Waals surface area contributed by atoms with Gasteiger partial charge < -0.3 is 10.1 Å². The molecule has 0 saturated heterocycles. The van der Waals surface area contributed by atoms with Gasteiger partial charge in [0.1, 0.15) is 0 Å². The highest BCUT2D eigenvalue weighted by Crippen LogP contribution is 2.25. The molecule has 6 nitrogen and oxygen atoms in total. The molecule has 0 saturated carbocycles. The topological polar surface area (TPSA) is 69.0 Å². The normalized spacial score (nSPS) is 10.9. The molecule has 6 heteroatoms. The molecule has 0 aliphatic heterocycles. The van der Waals surface area contributed by atoms with Crippen LogP contribution < -0.4 is 10.1 Å². The summed E-state index contributed by atoms with van der Waals surface area (Å²) in [5.41, 5.74) is 4.85. The van der Waals surface area contributed by atoms with Crippen molar-refractivity contribution in [3.05, 3.63) is 90.0 Å². The number of hydrogen-bond donors (Lipinski definition) is 1. The highest BCUT2D eigenvalue weighted by molar-refractivity contribution is 5.90. The van der Waals surface area contributed by atoms with Crippen molar-refractivity contribution in [2.75, 3.05) is 5.32 Å². The summed E-state index contributed by atoms with van der Waals surface area (Å²) < 4.78 is 7.51. The Morgan fingerprint density at radius 3 is 2.33 bits per heavy atom. The van der Waals surface area contributed by atoms with Crippen LogP contribution in [-0.4, -0.2) is 26.8 Å². The van der Waals surface area contributed by atoms with Crippen molar-refractivity contribution in [2.45, 2.75) is 39.7 Å². The van der Waals surface area contributed by atoms with Gasteiger partial charge >= 0.3 is 6.01 Å². The second-order valence-corrected chi connectivity index (χ2v) is 8.24. The third-order valence-electron chi connectivity index (χ3n) is 5.12. The molecule has 4 aromatic rings. The predicted octanol–water partition coefficient (Wildman–Crippen LogP) is 5.60. The number of anilines is 1. The Kier molecular flexibility index (Phi) is 6.83. The second kappa shape index (κ2) is 10.1. The van der Waals surface area contributed by atoms with Crippen LogP contribution in [0.5, 0.6) is 6.01 Å². The molecule has 0 fully saturated rings. The first-order chi connectivity index (χ1) is 16.0. The van der Waals surface area contributed by atoms with E-state index < -0.39 is 0 Å². The van der Waals surface area contributed by atoms with Crippen molar-refractivity contribution in [1.29, 1.82) is 0 Å². The van der Waals surface area contributed by atoms with Gasteiger partial charge in [-0.05, 0) is 57.0 Å². The van der Waals surface area contributed by atoms with Gasteiger partial charge in [0, 0.05) is 17.7 Å². The summed E-state index contributed by atoms with van der Waals surface area (Å²) in [5, 5.41) is 7.53. The average Bonchev–Trinajstić information content (AvgIpc) is 3.22. The van der Waals surface area contributed by atoms with Gasteiger partial charge in [0.05, 0.1) is 11.8 Å². The fourth-order valence-electron chi connectivity index (χ4n) is 3.44. The number of nitrogens with one attached hydrogen (secondary N) is 1. The van der Waals surface area contributed by atoms with Crippen LogP contribution in [0, 0.1) is 6.92 Å². The van der Waals surface area contributed by atoms with Crippen molar-refractivity contribution in [3.8, 4) is 23.1 Å². The number of carbonyl (C=O) groups is 1. The zero-order valence-corrected chi connectivity index (χ0v) is 19.2. The fourth-order valence-corrected chi connectivity index (χ4v) is 3.44. The number of hydrogen-bond acceptors (Lipinski definition) is 4. The summed E-state index contributed by atoms with van der Waals surface area (Å²) in [4.78, 5) is 17.0. The first-order valence-electron chi connectivity index (χ1n) is 11.1. The maximum atomic E-state index is 12.4. The van der Waals surface area contributed by atoms with Crippen molar-refractivity contribution in [3.63, 3.8) is 0 Å². The maximum Gasteiger partial charge on any atom is 0.336 e. The molecule has 0 radical (unpaired) electrons. The summed E-state index contributed by atoms with van der Waals surface area (Å²) in [5.74, 6) is 0.686. The zero-order valence-electron chi connectivity index (χ0n) is 19.2. The van der Waals surface area contributed by atoms with Gasteiger partial charge in [0.15, 0.2) is 5.82 Å². The lowest BCUT2D eigenvalue weighted by Gasteiger charge is -2.09. The SMILES string of the molecule is Cc1ccc(-c2nc(OC(C)C)nn2-c2ccc(NC(=O)CCc3ccccc3)cc2)cc1. The van der Waals surface area contributed by atoms with Crippen molar-refractivity contribution in [1.82, 2.24) is 14.8 Å². The molecule has 1 aromatic heterocycles. The molecule has 33 heavy (non-hydrogen) atoms. The fraction of sp³-hybridized carbons (Fsp3) is 0.222. The predicted molar refractivity (Wildman–Crippen MR) is 131 cm³/mol. The van der Waals surface area contributed by atoms with E-state index in [0.29, 0.717) is 24.7 Å². The minimum Gasteiger partial charge on any atom is -0.460 e. The smallest absolute Gasteiger partial charge is 0.336 e. The lowest BCUT2D eigenvalue weighted by atomic mass is 10.1. The van der Waals surface area contributed by atoms with Crippen molar-refractivity contribution in [2.24, 2.45) is 0 Å². The van der Waals surface area contributed by atoms with Crippen LogP contribution in [-0.2, 0) is 11.2 Å². The zero-order chi connectivity index (χ0) is 23.2. The van der Waals surface area contributed by atoms with Crippen LogP contribution in [0.3, 0.4) is 0 Å². The Bertz CT molecular complexity index is 1200. The molecule has 0 bridgehead atoms. The van der Waals surface area contributed by atoms with Crippen molar-refractivity contribution >= 4 is 11.6 Å². The monoisotopic (exact) mass is 440 g/mol. The minimum absolute atomic E-state index is 0.0136. The van der Waals surface area contributed by atoms with Crippen LogP contribution in [0.15, 0.2) is 78.9 Å². The Labute approximate surface area is 194 Å². The molecule has 0 atom stereocenters. The van der Waals surface area contributed by atoms with E-state index in [1.54, 1.807) is 4.68 Å². The molecule has 1 heterocycles. The lowest BCUT2D eigenvalue weighted by molar-refractivity contribution is -0.116. The van der Waals surface area contributed by atoms with Gasteiger partial charge in [-0.25, -0.2) is 4.68 Å². The van der Waals surface area contributed by atoms with E-state index in [1.807, 2.05) is 92.7 Å². The Balaban J connectivity index is 1.51. The van der Waals surface area contributed by atoms with Gasteiger partial charge in [-0.15, -0.1) is 5.10 Å². The van der Waals surface area contributed by atoms with Gasteiger partial charge in [0.2, 0.25) is 5.91 Å². The van der Waals surface area contributed by atoms with Crippen LogP contribution >= 0.6 is 0 Å². The standard InChI is InChI=1S/C27H28N4O2/c1-19(2)33-27-29-26(22-12-9-20(3)10-13-22)31(30-27)24-16-14-23(15-17-24)28-25(32)18-11-21-7-5-4-6-8-21/h4-10,12-17,19H,11,18H2,1-3H3,(H,28,32). The molecule has 0 unspecified atom stereocenters. The van der Waals surface area contributed by atoms with E-state index in [2.05, 4.69) is 22.3 Å². The Morgan fingerprint density at radius 2 is 1.67 bits per heavy atom. The first-order valence-corrected chi connectivity index (χ1v) is 11.1. The van der Waals surface area contributed by atoms with Gasteiger partial charge in [-0.1, -0.05) is 60.2 Å². The summed E-state index contributed by atoms with van der Waals surface area (Å²) in [7, 11) is 0. The quantitative estimate of drug-likeness (QED) is 0.387. The largest absolute Gasteiger partial charge is 0.460 e. The molecular formula is C27H28N4O2. The molecule has 168 valence electrons. The summed E-state index contributed by atoms with van der Waals surface area (Å²) in [6, 6.07) is 26.1. The number of aryl methyl sites for hydroxylation is 2. The Hall–Kier alpha value is -3.93. The second-order valence-electron chi connectivity index (χ2n) is 8.24. The molecule has 4 rings (SSSR count). The number of carbonyl (C=O) groups excluding carboxylic acids is 1. The molecular weight excluding hydrogens is 412 g/mol. The van der Waals surface area contributed by atoms with Crippen molar-refractivity contribution < 1.29 is 9.53 Å². The van der Waals surface area contributed by atoms with Gasteiger partial charge in [-0.2, -0.15) is 4.98 Å². The van der Waals surface area contributed by atoms with E-state index >= 15 is 0 Å². The maximum absolute atomic E-state index is 12.4. The molecule has 0 aliphatic carbocycles. The molecule has 0 aliphatic rings. The number of ether oxygens (including phenoxy) is 1. The summed E-state index contributed by atoms with van der Waals surface area (Å²) >= 11 is 0. The van der Waals surface area contributed by atoms with E-state index in [1.165, 1.54) is 5.56 Å². The van der Waals surface area contributed by atoms with E-state index in [4.69, 9.17) is 4.74 Å².